The van der Waals surface area contributed by atoms with Gasteiger partial charge in [0.1, 0.15) is 29.0 Å². The van der Waals surface area contributed by atoms with Crippen molar-refractivity contribution in [3.63, 3.8) is 0 Å². The fraction of sp³-hybridized carbons (Fsp3) is 0.263. The minimum absolute atomic E-state index is 0.0840. The van der Waals surface area contributed by atoms with Crippen LogP contribution in [0.4, 0.5) is 8.78 Å². The molecule has 3 heterocycles. The van der Waals surface area contributed by atoms with E-state index in [9.17, 15) is 13.6 Å². The fourth-order valence-corrected chi connectivity index (χ4v) is 3.21. The number of halogens is 2. The zero-order valence-electron chi connectivity index (χ0n) is 14.8. The summed E-state index contributed by atoms with van der Waals surface area (Å²) in [5.41, 5.74) is 0.192. The normalized spacial score (nSPS) is 16.8. The predicted octanol–water partition coefficient (Wildman–Crippen LogP) is 2.62. The second-order valence-electron chi connectivity index (χ2n) is 6.40. The average molecular weight is 385 g/mol. The molecule has 4 rings (SSSR count). The lowest BCUT2D eigenvalue weighted by Crippen LogP contribution is -2.45. The fourth-order valence-electron chi connectivity index (χ4n) is 3.21. The molecule has 1 fully saturated rings. The first-order chi connectivity index (χ1) is 13.6. The minimum atomic E-state index is -0.636. The molecule has 1 amide bonds. The van der Waals surface area contributed by atoms with Gasteiger partial charge in [-0.05, 0) is 31.0 Å². The van der Waals surface area contributed by atoms with Crippen LogP contribution >= 0.6 is 0 Å². The van der Waals surface area contributed by atoms with Crippen LogP contribution in [0, 0.1) is 11.6 Å². The number of pyridine rings is 1. The Balaban J connectivity index is 1.54. The van der Waals surface area contributed by atoms with Gasteiger partial charge in [0, 0.05) is 12.6 Å². The molecule has 0 aliphatic carbocycles. The van der Waals surface area contributed by atoms with Gasteiger partial charge in [0.05, 0.1) is 25.1 Å². The predicted molar refractivity (Wildman–Crippen MR) is 95.1 cm³/mol. The largest absolute Gasteiger partial charge is 0.472 e. The SMILES string of the molecule is O=C(c1c(F)cccc1-n1nccn1)N1CCCC(Oc2ccc(F)cn2)C1. The van der Waals surface area contributed by atoms with E-state index < -0.39 is 17.5 Å². The van der Waals surface area contributed by atoms with Crippen LogP contribution in [0.2, 0.25) is 0 Å². The van der Waals surface area contributed by atoms with Crippen molar-refractivity contribution in [2.24, 2.45) is 0 Å². The third-order valence-electron chi connectivity index (χ3n) is 4.49. The standard InChI is InChI=1S/C19H17F2N5O2/c20-13-6-7-17(22-11-13)28-14-3-2-10-25(12-14)19(27)18-15(21)4-1-5-16(18)26-23-8-9-24-26/h1,4-9,11,14H,2-3,10,12H2. The summed E-state index contributed by atoms with van der Waals surface area (Å²) in [6.45, 7) is 0.758. The maximum atomic E-state index is 14.5. The maximum Gasteiger partial charge on any atom is 0.259 e. The number of aromatic nitrogens is 4. The van der Waals surface area contributed by atoms with Crippen LogP contribution in [0.5, 0.6) is 5.88 Å². The summed E-state index contributed by atoms with van der Waals surface area (Å²) < 4.78 is 33.3. The topological polar surface area (TPSA) is 73.1 Å². The van der Waals surface area contributed by atoms with E-state index in [-0.39, 0.29) is 29.8 Å². The Hall–Kier alpha value is -3.36. The van der Waals surface area contributed by atoms with Crippen LogP contribution in [-0.2, 0) is 0 Å². The highest BCUT2D eigenvalue weighted by atomic mass is 19.1. The van der Waals surface area contributed by atoms with E-state index in [1.165, 1.54) is 41.5 Å². The molecule has 0 spiro atoms. The summed E-state index contributed by atoms with van der Waals surface area (Å²) >= 11 is 0. The van der Waals surface area contributed by atoms with E-state index in [1.807, 2.05) is 0 Å². The quantitative estimate of drug-likeness (QED) is 0.690. The molecule has 9 heteroatoms. The Bertz CT molecular complexity index is 963. The summed E-state index contributed by atoms with van der Waals surface area (Å²) in [5, 5.41) is 8.00. The monoisotopic (exact) mass is 385 g/mol. The highest BCUT2D eigenvalue weighted by Crippen LogP contribution is 2.23. The van der Waals surface area contributed by atoms with Gasteiger partial charge in [-0.25, -0.2) is 13.8 Å². The molecule has 1 atom stereocenters. The summed E-state index contributed by atoms with van der Waals surface area (Å²) in [6, 6.07) is 7.04. The number of piperidine rings is 1. The number of carbonyl (C=O) groups excluding carboxylic acids is 1. The Morgan fingerprint density at radius 3 is 2.71 bits per heavy atom. The molecule has 28 heavy (non-hydrogen) atoms. The molecule has 1 aromatic carbocycles. The molecule has 1 saturated heterocycles. The van der Waals surface area contributed by atoms with E-state index in [4.69, 9.17) is 4.74 Å². The van der Waals surface area contributed by atoms with E-state index in [0.717, 1.165) is 6.20 Å². The van der Waals surface area contributed by atoms with Crippen molar-refractivity contribution in [2.75, 3.05) is 13.1 Å². The molecular formula is C19H17F2N5O2. The van der Waals surface area contributed by atoms with Gasteiger partial charge in [-0.2, -0.15) is 15.0 Å². The van der Waals surface area contributed by atoms with Crippen molar-refractivity contribution in [3.05, 3.63) is 66.1 Å². The van der Waals surface area contributed by atoms with Crippen molar-refractivity contribution >= 4 is 5.91 Å². The number of carbonyl (C=O) groups is 1. The first kappa shape index (κ1) is 18.0. The maximum absolute atomic E-state index is 14.5. The van der Waals surface area contributed by atoms with Crippen LogP contribution < -0.4 is 4.74 Å². The number of benzene rings is 1. The van der Waals surface area contributed by atoms with Crippen molar-refractivity contribution in [1.82, 2.24) is 24.9 Å². The summed E-state index contributed by atoms with van der Waals surface area (Å²) in [4.78, 5) is 19.7. The summed E-state index contributed by atoms with van der Waals surface area (Å²) in [5.74, 6) is -1.26. The molecule has 0 bridgehead atoms. The molecule has 7 nitrogen and oxygen atoms in total. The highest BCUT2D eigenvalue weighted by Gasteiger charge is 2.29. The molecule has 0 saturated carbocycles. The molecule has 0 radical (unpaired) electrons. The average Bonchev–Trinajstić information content (AvgIpc) is 3.24. The van der Waals surface area contributed by atoms with Gasteiger partial charge in [-0.1, -0.05) is 6.07 Å². The second-order valence-corrected chi connectivity index (χ2v) is 6.40. The number of hydrogen-bond acceptors (Lipinski definition) is 5. The van der Waals surface area contributed by atoms with E-state index in [0.29, 0.717) is 19.4 Å². The van der Waals surface area contributed by atoms with Crippen molar-refractivity contribution in [1.29, 1.82) is 0 Å². The van der Waals surface area contributed by atoms with Gasteiger partial charge in [0.15, 0.2) is 0 Å². The number of rotatable bonds is 4. The van der Waals surface area contributed by atoms with Crippen LogP contribution in [0.3, 0.4) is 0 Å². The lowest BCUT2D eigenvalue weighted by Gasteiger charge is -2.33. The lowest BCUT2D eigenvalue weighted by molar-refractivity contribution is 0.0523. The number of hydrogen-bond donors (Lipinski definition) is 0. The lowest BCUT2D eigenvalue weighted by atomic mass is 10.1. The zero-order valence-corrected chi connectivity index (χ0v) is 14.8. The third kappa shape index (κ3) is 3.68. The van der Waals surface area contributed by atoms with Gasteiger partial charge in [0.2, 0.25) is 5.88 Å². The van der Waals surface area contributed by atoms with E-state index >= 15 is 0 Å². The first-order valence-electron chi connectivity index (χ1n) is 8.84. The highest BCUT2D eigenvalue weighted by molar-refractivity contribution is 5.98. The third-order valence-corrected chi connectivity index (χ3v) is 4.49. The van der Waals surface area contributed by atoms with Crippen molar-refractivity contribution < 1.29 is 18.3 Å². The van der Waals surface area contributed by atoms with Gasteiger partial charge < -0.3 is 9.64 Å². The Morgan fingerprint density at radius 1 is 1.14 bits per heavy atom. The van der Waals surface area contributed by atoms with E-state index in [2.05, 4.69) is 15.2 Å². The van der Waals surface area contributed by atoms with Gasteiger partial charge in [-0.3, -0.25) is 4.79 Å². The molecule has 1 aliphatic rings. The molecular weight excluding hydrogens is 368 g/mol. The second kappa shape index (κ2) is 7.71. The van der Waals surface area contributed by atoms with Crippen LogP contribution in [0.25, 0.3) is 5.69 Å². The van der Waals surface area contributed by atoms with Gasteiger partial charge >= 0.3 is 0 Å². The molecule has 1 aliphatic heterocycles. The van der Waals surface area contributed by atoms with Gasteiger partial charge in [0.25, 0.3) is 5.91 Å². The molecule has 1 unspecified atom stereocenters. The van der Waals surface area contributed by atoms with E-state index in [1.54, 1.807) is 11.0 Å². The van der Waals surface area contributed by atoms with Crippen molar-refractivity contribution in [3.8, 4) is 11.6 Å². The Labute approximate surface area is 159 Å². The smallest absolute Gasteiger partial charge is 0.259 e. The summed E-state index contributed by atoms with van der Waals surface area (Å²) in [7, 11) is 0. The number of nitrogens with zero attached hydrogens (tertiary/aromatic N) is 5. The molecule has 144 valence electrons. The number of ether oxygens (including phenoxy) is 1. The Morgan fingerprint density at radius 2 is 1.96 bits per heavy atom. The van der Waals surface area contributed by atoms with Crippen molar-refractivity contribution in [2.45, 2.75) is 18.9 Å². The number of amides is 1. The summed E-state index contributed by atoms with van der Waals surface area (Å²) in [6.07, 6.45) is 5.09. The molecule has 3 aromatic rings. The van der Waals surface area contributed by atoms with Crippen LogP contribution in [0.15, 0.2) is 48.9 Å². The van der Waals surface area contributed by atoms with Crippen LogP contribution in [0.1, 0.15) is 23.2 Å². The van der Waals surface area contributed by atoms with Gasteiger partial charge in [-0.15, -0.1) is 0 Å². The van der Waals surface area contributed by atoms with Crippen LogP contribution in [-0.4, -0.2) is 50.0 Å². The minimum Gasteiger partial charge on any atom is -0.472 e. The molecule has 2 aromatic heterocycles. The Kier molecular flexibility index (Phi) is 4.96. The first-order valence-corrected chi connectivity index (χ1v) is 8.84. The zero-order chi connectivity index (χ0) is 19.5. The molecule has 0 N–H and O–H groups in total. The number of likely N-dealkylation sites (tertiary alicyclic amines) is 1.